The molecule has 3 atom stereocenters. The van der Waals surface area contributed by atoms with Crippen LogP contribution in [0.15, 0.2) is 24.3 Å². The van der Waals surface area contributed by atoms with E-state index in [1.54, 1.807) is 14.0 Å². The lowest BCUT2D eigenvalue weighted by Crippen LogP contribution is -2.44. The van der Waals surface area contributed by atoms with Gasteiger partial charge < -0.3 is 9.84 Å². The Kier molecular flexibility index (Phi) is 8.38. The quantitative estimate of drug-likeness (QED) is 0.398. The maximum absolute atomic E-state index is 11.0. The Morgan fingerprint density at radius 3 is 2.73 bits per heavy atom. The van der Waals surface area contributed by atoms with E-state index in [1.165, 1.54) is 0 Å². The van der Waals surface area contributed by atoms with Gasteiger partial charge in [0.05, 0.1) is 5.92 Å². The second-order valence-electron chi connectivity index (χ2n) is 5.66. The van der Waals surface area contributed by atoms with Crippen LogP contribution in [0.3, 0.4) is 0 Å². The van der Waals surface area contributed by atoms with Gasteiger partial charge in [-0.15, -0.1) is 0 Å². The molecule has 0 aromatic carbocycles. The van der Waals surface area contributed by atoms with Crippen LogP contribution in [0.2, 0.25) is 0 Å². The molecular formula is C17H28O5. The lowest BCUT2D eigenvalue weighted by molar-refractivity contribution is -0.469. The van der Waals surface area contributed by atoms with Crippen molar-refractivity contribution in [3.8, 4) is 0 Å². The molecule has 0 amide bonds. The average Bonchev–Trinajstić information content (AvgIpc) is 2.54. The van der Waals surface area contributed by atoms with Crippen LogP contribution in [0.25, 0.3) is 0 Å². The number of rotatable bonds is 9. The molecule has 0 radical (unpaired) electrons. The minimum atomic E-state index is -0.871. The van der Waals surface area contributed by atoms with E-state index in [4.69, 9.17) is 19.6 Å². The number of aliphatic carboxylic acids is 1. The first-order valence-corrected chi connectivity index (χ1v) is 7.98. The topological polar surface area (TPSA) is 65.0 Å². The largest absolute Gasteiger partial charge is 0.481 e. The van der Waals surface area contributed by atoms with Crippen LogP contribution in [-0.2, 0) is 19.3 Å². The highest BCUT2D eigenvalue weighted by molar-refractivity contribution is 5.70. The molecule has 1 aliphatic heterocycles. The van der Waals surface area contributed by atoms with E-state index in [-0.39, 0.29) is 0 Å². The number of allylic oxidation sites excluding steroid dienone is 4. The molecule has 0 aromatic heterocycles. The Balaban J connectivity index is 2.36. The summed E-state index contributed by atoms with van der Waals surface area (Å²) < 4.78 is 5.48. The fourth-order valence-corrected chi connectivity index (χ4v) is 2.38. The monoisotopic (exact) mass is 312 g/mol. The van der Waals surface area contributed by atoms with E-state index in [9.17, 15) is 4.79 Å². The summed E-state index contributed by atoms with van der Waals surface area (Å²) in [6.45, 7) is 3.73. The van der Waals surface area contributed by atoms with E-state index in [1.807, 2.05) is 12.2 Å². The minimum Gasteiger partial charge on any atom is -0.481 e. The van der Waals surface area contributed by atoms with E-state index < -0.39 is 23.8 Å². The van der Waals surface area contributed by atoms with Gasteiger partial charge >= 0.3 is 5.97 Å². The standard InChI is InChI=1S/C17H28O5/c1-4-5-6-7-8-9-10-12-17(20-3)13-11-15(21-22-17)14(2)16(18)19/h5-8,14-15H,4,9-13H2,1-3H3,(H,18,19)/b6-5+,8-7+/t14-,15-,17-/m1/s1. The molecule has 0 unspecified atom stereocenters. The normalized spacial score (nSPS) is 27.5. The summed E-state index contributed by atoms with van der Waals surface area (Å²) in [7, 11) is 1.60. The number of hydrogen-bond acceptors (Lipinski definition) is 4. The molecule has 1 fully saturated rings. The van der Waals surface area contributed by atoms with Crippen molar-refractivity contribution >= 4 is 5.97 Å². The Hall–Kier alpha value is -1.17. The molecule has 126 valence electrons. The van der Waals surface area contributed by atoms with Gasteiger partial charge in [-0.1, -0.05) is 31.2 Å². The summed E-state index contributed by atoms with van der Waals surface area (Å²) in [5.74, 6) is -2.20. The number of ether oxygens (including phenoxy) is 1. The Morgan fingerprint density at radius 1 is 1.45 bits per heavy atom. The molecule has 0 aromatic rings. The Bertz CT molecular complexity index is 381. The number of hydrogen-bond donors (Lipinski definition) is 1. The molecule has 0 spiro atoms. The Morgan fingerprint density at radius 2 is 2.18 bits per heavy atom. The van der Waals surface area contributed by atoms with Crippen molar-refractivity contribution in [2.75, 3.05) is 7.11 Å². The lowest BCUT2D eigenvalue weighted by Gasteiger charge is -2.38. The molecule has 1 rings (SSSR count). The lowest BCUT2D eigenvalue weighted by atomic mass is 9.94. The maximum Gasteiger partial charge on any atom is 0.308 e. The third kappa shape index (κ3) is 5.91. The van der Waals surface area contributed by atoms with Crippen molar-refractivity contribution in [2.24, 2.45) is 5.92 Å². The van der Waals surface area contributed by atoms with Crippen LogP contribution in [0.1, 0.15) is 52.4 Å². The SMILES string of the molecule is CC/C=C/C=C/CCC[C@]1(OC)CC[C@H]([C@@H](C)C(=O)O)OO1. The summed E-state index contributed by atoms with van der Waals surface area (Å²) in [6, 6.07) is 0. The van der Waals surface area contributed by atoms with Gasteiger partial charge in [0.25, 0.3) is 0 Å². The molecule has 1 saturated heterocycles. The molecular weight excluding hydrogens is 284 g/mol. The number of carboxylic acids is 1. The van der Waals surface area contributed by atoms with Crippen molar-refractivity contribution < 1.29 is 24.4 Å². The van der Waals surface area contributed by atoms with Crippen LogP contribution >= 0.6 is 0 Å². The molecule has 0 saturated carbocycles. The maximum atomic E-state index is 11.0. The predicted molar refractivity (Wildman–Crippen MR) is 84.2 cm³/mol. The van der Waals surface area contributed by atoms with Crippen molar-refractivity contribution in [2.45, 2.75) is 64.3 Å². The molecule has 1 aliphatic rings. The molecule has 5 nitrogen and oxygen atoms in total. The predicted octanol–water partition coefficient (Wildman–Crippen LogP) is 3.85. The van der Waals surface area contributed by atoms with Crippen molar-refractivity contribution in [1.29, 1.82) is 0 Å². The van der Waals surface area contributed by atoms with Crippen LogP contribution in [-0.4, -0.2) is 30.1 Å². The van der Waals surface area contributed by atoms with Crippen molar-refractivity contribution in [3.05, 3.63) is 24.3 Å². The highest BCUT2D eigenvalue weighted by atomic mass is 17.2. The van der Waals surface area contributed by atoms with E-state index in [2.05, 4.69) is 19.1 Å². The van der Waals surface area contributed by atoms with E-state index >= 15 is 0 Å². The fourth-order valence-electron chi connectivity index (χ4n) is 2.38. The van der Waals surface area contributed by atoms with Crippen LogP contribution in [0.5, 0.6) is 0 Å². The third-order valence-electron chi connectivity index (χ3n) is 4.00. The smallest absolute Gasteiger partial charge is 0.308 e. The molecule has 0 bridgehead atoms. The van der Waals surface area contributed by atoms with E-state index in [0.717, 1.165) is 25.7 Å². The van der Waals surface area contributed by atoms with Crippen LogP contribution < -0.4 is 0 Å². The van der Waals surface area contributed by atoms with Crippen molar-refractivity contribution in [1.82, 2.24) is 0 Å². The summed E-state index contributed by atoms with van der Waals surface area (Å²) in [5.41, 5.74) is 0. The molecule has 1 N–H and O–H groups in total. The molecule has 5 heteroatoms. The van der Waals surface area contributed by atoms with E-state index in [0.29, 0.717) is 12.8 Å². The number of carbonyl (C=O) groups is 1. The third-order valence-corrected chi connectivity index (χ3v) is 4.00. The molecule has 1 heterocycles. The first-order chi connectivity index (χ1) is 10.5. The Labute approximate surface area is 132 Å². The van der Waals surface area contributed by atoms with Gasteiger partial charge in [-0.2, -0.15) is 0 Å². The first-order valence-electron chi connectivity index (χ1n) is 7.98. The average molecular weight is 312 g/mol. The van der Waals surface area contributed by atoms with Crippen LogP contribution in [0, 0.1) is 5.92 Å². The zero-order chi connectivity index (χ0) is 16.4. The zero-order valence-electron chi connectivity index (χ0n) is 13.8. The van der Waals surface area contributed by atoms with Crippen molar-refractivity contribution in [3.63, 3.8) is 0 Å². The summed E-state index contributed by atoms with van der Waals surface area (Å²) in [4.78, 5) is 21.7. The second-order valence-corrected chi connectivity index (χ2v) is 5.66. The van der Waals surface area contributed by atoms with Gasteiger partial charge in [0.2, 0.25) is 5.79 Å². The zero-order valence-corrected chi connectivity index (χ0v) is 13.8. The first kappa shape index (κ1) is 18.9. The number of methoxy groups -OCH3 is 1. The highest BCUT2D eigenvalue weighted by Crippen LogP contribution is 2.34. The highest BCUT2D eigenvalue weighted by Gasteiger charge is 2.40. The van der Waals surface area contributed by atoms with Gasteiger partial charge in [0.15, 0.2) is 0 Å². The second kappa shape index (κ2) is 9.77. The number of carboxylic acid groups (broad SMARTS) is 1. The van der Waals surface area contributed by atoms with Gasteiger partial charge in [-0.25, -0.2) is 9.78 Å². The van der Waals surface area contributed by atoms with Crippen LogP contribution in [0.4, 0.5) is 0 Å². The summed E-state index contributed by atoms with van der Waals surface area (Å²) in [6.07, 6.45) is 12.8. The summed E-state index contributed by atoms with van der Waals surface area (Å²) >= 11 is 0. The van der Waals surface area contributed by atoms with Gasteiger partial charge in [0.1, 0.15) is 6.10 Å². The summed E-state index contributed by atoms with van der Waals surface area (Å²) in [5, 5.41) is 9.00. The molecule has 0 aliphatic carbocycles. The minimum absolute atomic E-state index is 0.417. The van der Waals surface area contributed by atoms with Gasteiger partial charge in [-0.05, 0) is 32.6 Å². The molecule has 22 heavy (non-hydrogen) atoms. The number of unbranched alkanes of at least 4 members (excludes halogenated alkanes) is 1. The van der Waals surface area contributed by atoms with Gasteiger partial charge in [-0.3, -0.25) is 4.79 Å². The fraction of sp³-hybridized carbons (Fsp3) is 0.706. The van der Waals surface area contributed by atoms with Gasteiger partial charge in [0, 0.05) is 20.0 Å².